The summed E-state index contributed by atoms with van der Waals surface area (Å²) >= 11 is 4.49. The summed E-state index contributed by atoms with van der Waals surface area (Å²) in [5.41, 5.74) is 6.07. The van der Waals surface area contributed by atoms with Crippen molar-refractivity contribution in [3.05, 3.63) is 135 Å². The molecule has 226 valence electrons. The SMILES string of the molecule is N#CC(C#N)=Cc1ccc(-c2ccc(N(c3ccc(-c4ccc(C=O)s4)cc3)c3ccc(-c4ccc(C=C(C#N)C#N)s4)cc3)cc2)s1. The van der Waals surface area contributed by atoms with E-state index in [-0.39, 0.29) is 11.1 Å². The van der Waals surface area contributed by atoms with E-state index in [4.69, 9.17) is 21.0 Å². The first kappa shape index (κ1) is 31.6. The Hall–Kier alpha value is -6.33. The topological polar surface area (TPSA) is 115 Å². The average molecular weight is 672 g/mol. The van der Waals surface area contributed by atoms with Gasteiger partial charge in [-0.15, -0.1) is 34.0 Å². The lowest BCUT2D eigenvalue weighted by Gasteiger charge is -2.26. The van der Waals surface area contributed by atoms with Crippen molar-refractivity contribution < 1.29 is 4.79 Å². The molecule has 0 unspecified atom stereocenters. The molecule has 0 aliphatic carbocycles. The molecule has 0 saturated carbocycles. The Labute approximate surface area is 289 Å². The van der Waals surface area contributed by atoms with Gasteiger partial charge in [0.05, 0.1) is 4.88 Å². The number of anilines is 3. The van der Waals surface area contributed by atoms with E-state index in [9.17, 15) is 4.79 Å². The molecule has 0 amide bonds. The number of aldehydes is 1. The molecule has 3 aromatic heterocycles. The molecule has 0 bridgehead atoms. The van der Waals surface area contributed by atoms with E-state index in [0.717, 1.165) is 64.4 Å². The highest BCUT2D eigenvalue weighted by atomic mass is 32.1. The van der Waals surface area contributed by atoms with Gasteiger partial charge in [-0.25, -0.2) is 0 Å². The first-order valence-corrected chi connectivity index (χ1v) is 16.9. The van der Waals surface area contributed by atoms with E-state index in [0.29, 0.717) is 4.88 Å². The summed E-state index contributed by atoms with van der Waals surface area (Å²) in [6.45, 7) is 0. The number of nitriles is 4. The van der Waals surface area contributed by atoms with Crippen molar-refractivity contribution in [2.75, 3.05) is 4.90 Å². The molecule has 0 atom stereocenters. The van der Waals surface area contributed by atoms with Crippen LogP contribution in [0.5, 0.6) is 0 Å². The molecule has 0 fully saturated rings. The second kappa shape index (κ2) is 14.4. The fourth-order valence-corrected chi connectivity index (χ4v) is 7.72. The van der Waals surface area contributed by atoms with Crippen LogP contribution in [-0.2, 0) is 0 Å². The van der Waals surface area contributed by atoms with Crippen LogP contribution in [0.4, 0.5) is 17.1 Å². The molecule has 0 spiro atoms. The fourth-order valence-electron chi connectivity index (χ4n) is 4.98. The quantitative estimate of drug-likeness (QED) is 0.112. The van der Waals surface area contributed by atoms with Gasteiger partial charge in [-0.05, 0) is 102 Å². The zero-order chi connectivity index (χ0) is 33.5. The number of rotatable bonds is 9. The Morgan fingerprint density at radius 3 is 1.06 bits per heavy atom. The van der Waals surface area contributed by atoms with Gasteiger partial charge in [0, 0.05) is 41.4 Å². The van der Waals surface area contributed by atoms with Gasteiger partial charge < -0.3 is 4.90 Å². The van der Waals surface area contributed by atoms with Gasteiger partial charge in [-0.2, -0.15) is 21.0 Å². The van der Waals surface area contributed by atoms with Gasteiger partial charge >= 0.3 is 0 Å². The van der Waals surface area contributed by atoms with Gasteiger partial charge in [0.1, 0.15) is 35.4 Å². The van der Waals surface area contributed by atoms with E-state index < -0.39 is 0 Å². The summed E-state index contributed by atoms with van der Waals surface area (Å²) < 4.78 is 0. The summed E-state index contributed by atoms with van der Waals surface area (Å²) in [6, 6.07) is 43.9. The monoisotopic (exact) mass is 671 g/mol. The zero-order valence-electron chi connectivity index (χ0n) is 25.0. The number of benzene rings is 3. The van der Waals surface area contributed by atoms with Crippen molar-refractivity contribution in [1.29, 1.82) is 21.0 Å². The van der Waals surface area contributed by atoms with Gasteiger partial charge in [-0.3, -0.25) is 4.79 Å². The third-order valence-corrected chi connectivity index (χ3v) is 10.5. The molecule has 6 nitrogen and oxygen atoms in total. The molecule has 3 aromatic carbocycles. The summed E-state index contributed by atoms with van der Waals surface area (Å²) in [6.07, 6.45) is 4.05. The lowest BCUT2D eigenvalue weighted by molar-refractivity contribution is 0.112. The maximum absolute atomic E-state index is 11.2. The minimum Gasteiger partial charge on any atom is -0.311 e. The van der Waals surface area contributed by atoms with Gasteiger partial charge in [-0.1, -0.05) is 36.4 Å². The van der Waals surface area contributed by atoms with Crippen LogP contribution in [0.1, 0.15) is 19.4 Å². The Morgan fingerprint density at radius 1 is 0.458 bits per heavy atom. The lowest BCUT2D eigenvalue weighted by Crippen LogP contribution is -2.09. The van der Waals surface area contributed by atoms with Crippen molar-refractivity contribution in [2.45, 2.75) is 0 Å². The molecular formula is C39H21N5OS3. The summed E-state index contributed by atoms with van der Waals surface area (Å²) in [7, 11) is 0. The highest BCUT2D eigenvalue weighted by molar-refractivity contribution is 7.17. The van der Waals surface area contributed by atoms with Gasteiger partial charge in [0.15, 0.2) is 6.29 Å². The highest BCUT2D eigenvalue weighted by Crippen LogP contribution is 2.39. The molecule has 9 heteroatoms. The highest BCUT2D eigenvalue weighted by Gasteiger charge is 2.15. The fraction of sp³-hybridized carbons (Fsp3) is 0. The second-order valence-corrected chi connectivity index (χ2v) is 13.6. The van der Waals surface area contributed by atoms with Crippen LogP contribution in [0, 0.1) is 45.3 Å². The van der Waals surface area contributed by atoms with Crippen LogP contribution < -0.4 is 4.90 Å². The van der Waals surface area contributed by atoms with Crippen LogP contribution in [0.25, 0.3) is 43.5 Å². The van der Waals surface area contributed by atoms with Crippen LogP contribution in [0.3, 0.4) is 0 Å². The number of hydrogen-bond donors (Lipinski definition) is 0. The summed E-state index contributed by atoms with van der Waals surface area (Å²) in [5.74, 6) is 0. The lowest BCUT2D eigenvalue weighted by atomic mass is 10.1. The molecule has 3 heterocycles. The van der Waals surface area contributed by atoms with Crippen molar-refractivity contribution >= 4 is 69.5 Å². The molecule has 6 rings (SSSR count). The van der Waals surface area contributed by atoms with Crippen LogP contribution >= 0.6 is 34.0 Å². The number of carbonyl (C=O) groups excluding carboxylic acids is 1. The van der Waals surface area contributed by atoms with Gasteiger partial charge in [0.25, 0.3) is 0 Å². The Balaban J connectivity index is 1.34. The normalized spacial score (nSPS) is 10.1. The first-order chi connectivity index (χ1) is 23.5. The third kappa shape index (κ3) is 6.91. The predicted molar refractivity (Wildman–Crippen MR) is 195 cm³/mol. The Bertz CT molecular complexity index is 2190. The van der Waals surface area contributed by atoms with Gasteiger partial charge in [0.2, 0.25) is 0 Å². The van der Waals surface area contributed by atoms with E-state index in [1.54, 1.807) is 12.2 Å². The standard InChI is InChI=1S/C39H21N5OS3/c40-21-26(22-41)19-34-13-16-37(46-34)28-1-7-31(8-2-28)44(33-11-5-30(6-12-33)39-18-15-36(25-45)48-39)32-9-3-29(4-10-32)38-17-14-35(47-38)20-27(23-42)24-43/h1-20,25H. The van der Waals surface area contributed by atoms with E-state index in [2.05, 4.69) is 77.7 Å². The molecule has 48 heavy (non-hydrogen) atoms. The second-order valence-electron chi connectivity index (χ2n) is 10.3. The Kier molecular flexibility index (Phi) is 9.49. The minimum atomic E-state index is 0.0678. The minimum absolute atomic E-state index is 0.0678. The van der Waals surface area contributed by atoms with Crippen molar-refractivity contribution in [3.8, 4) is 55.6 Å². The third-order valence-electron chi connectivity index (χ3n) is 7.28. The largest absolute Gasteiger partial charge is 0.311 e. The average Bonchev–Trinajstić information content (AvgIpc) is 3.92. The van der Waals surface area contributed by atoms with Crippen molar-refractivity contribution in [2.24, 2.45) is 0 Å². The number of allylic oxidation sites excluding steroid dienone is 2. The van der Waals surface area contributed by atoms with Crippen molar-refractivity contribution in [3.63, 3.8) is 0 Å². The van der Waals surface area contributed by atoms with Crippen LogP contribution in [-0.4, -0.2) is 6.29 Å². The molecule has 0 aliphatic rings. The molecule has 6 aromatic rings. The molecular weight excluding hydrogens is 651 g/mol. The zero-order valence-corrected chi connectivity index (χ0v) is 27.4. The molecule has 0 saturated heterocycles. The van der Waals surface area contributed by atoms with Crippen LogP contribution in [0.15, 0.2) is 120 Å². The predicted octanol–water partition coefficient (Wildman–Crippen LogP) is 11.0. The van der Waals surface area contributed by atoms with E-state index in [1.807, 2.05) is 60.7 Å². The van der Waals surface area contributed by atoms with Crippen LogP contribution in [0.2, 0.25) is 0 Å². The smallest absolute Gasteiger partial charge is 0.160 e. The Morgan fingerprint density at radius 2 is 0.771 bits per heavy atom. The number of carbonyl (C=O) groups is 1. The van der Waals surface area contributed by atoms with Crippen molar-refractivity contribution in [1.82, 2.24) is 0 Å². The summed E-state index contributed by atoms with van der Waals surface area (Å²) in [5, 5.41) is 36.4. The first-order valence-electron chi connectivity index (χ1n) is 14.4. The van der Waals surface area contributed by atoms with E-state index in [1.165, 1.54) is 34.0 Å². The molecule has 0 N–H and O–H groups in total. The molecule has 0 aliphatic heterocycles. The van der Waals surface area contributed by atoms with E-state index >= 15 is 0 Å². The number of nitrogens with zero attached hydrogens (tertiary/aromatic N) is 5. The number of thiophene rings is 3. The summed E-state index contributed by atoms with van der Waals surface area (Å²) in [4.78, 5) is 18.8. The maximum Gasteiger partial charge on any atom is 0.160 e. The number of hydrogen-bond acceptors (Lipinski definition) is 9. The molecule has 0 radical (unpaired) electrons. The maximum atomic E-state index is 11.2.